The number of hydrogen-bond donors (Lipinski definition) is 1. The molecule has 0 bridgehead atoms. The van der Waals surface area contributed by atoms with E-state index in [1.165, 1.54) is 5.56 Å². The van der Waals surface area contributed by atoms with Gasteiger partial charge in [-0.2, -0.15) is 5.10 Å². The Bertz CT molecular complexity index is 1050. The van der Waals surface area contributed by atoms with Crippen LogP contribution in [-0.2, 0) is 11.2 Å². The van der Waals surface area contributed by atoms with Crippen LogP contribution >= 0.6 is 11.6 Å². The SMILES string of the molecule is CCc1ccc(C(=O)[C@H]2CC(=O)Nc3c2c(C)nn3-c2ccc(Cl)cc2)cc1. The van der Waals surface area contributed by atoms with Crippen molar-refractivity contribution < 1.29 is 9.59 Å². The third-order valence-corrected chi connectivity index (χ3v) is 5.39. The third-order valence-electron chi connectivity index (χ3n) is 5.14. The number of Topliss-reactive ketones (excluding diaryl/α,β-unsaturated/α-hetero) is 1. The average Bonchev–Trinajstić information content (AvgIpc) is 3.03. The molecule has 142 valence electrons. The van der Waals surface area contributed by atoms with Crippen LogP contribution in [0.2, 0.25) is 5.02 Å². The van der Waals surface area contributed by atoms with Crippen molar-refractivity contribution in [2.75, 3.05) is 5.32 Å². The zero-order valence-corrected chi connectivity index (χ0v) is 16.5. The summed E-state index contributed by atoms with van der Waals surface area (Å²) in [7, 11) is 0. The van der Waals surface area contributed by atoms with Gasteiger partial charge >= 0.3 is 0 Å². The summed E-state index contributed by atoms with van der Waals surface area (Å²) in [6.07, 6.45) is 1.03. The molecule has 0 unspecified atom stereocenters. The topological polar surface area (TPSA) is 64.0 Å². The van der Waals surface area contributed by atoms with E-state index in [4.69, 9.17) is 11.6 Å². The van der Waals surface area contributed by atoms with Gasteiger partial charge in [-0.3, -0.25) is 9.59 Å². The summed E-state index contributed by atoms with van der Waals surface area (Å²) in [5, 5.41) is 8.10. The third kappa shape index (κ3) is 3.22. The lowest BCUT2D eigenvalue weighted by atomic mass is 9.85. The second-order valence-corrected chi connectivity index (χ2v) is 7.39. The number of nitrogens with zero attached hydrogens (tertiary/aromatic N) is 2. The van der Waals surface area contributed by atoms with Crippen LogP contribution < -0.4 is 5.32 Å². The van der Waals surface area contributed by atoms with Gasteiger partial charge < -0.3 is 5.32 Å². The second-order valence-electron chi connectivity index (χ2n) is 6.96. The van der Waals surface area contributed by atoms with Gasteiger partial charge in [-0.15, -0.1) is 0 Å². The Kier molecular flexibility index (Phi) is 4.77. The number of hydrogen-bond acceptors (Lipinski definition) is 3. The number of benzene rings is 2. The minimum absolute atomic E-state index is 0.0579. The summed E-state index contributed by atoms with van der Waals surface area (Å²) in [5.74, 6) is -0.236. The van der Waals surface area contributed by atoms with Gasteiger partial charge in [0.2, 0.25) is 5.91 Å². The average molecular weight is 394 g/mol. The van der Waals surface area contributed by atoms with E-state index in [0.717, 1.165) is 23.4 Å². The van der Waals surface area contributed by atoms with Crippen LogP contribution in [0.25, 0.3) is 5.69 Å². The fourth-order valence-corrected chi connectivity index (χ4v) is 3.77. The van der Waals surface area contributed by atoms with Crippen molar-refractivity contribution in [1.82, 2.24) is 9.78 Å². The molecular formula is C22H20ClN3O2. The van der Waals surface area contributed by atoms with Crippen LogP contribution in [0.5, 0.6) is 0 Å². The molecule has 0 aliphatic carbocycles. The molecule has 0 saturated heterocycles. The molecule has 0 fully saturated rings. The normalized spacial score (nSPS) is 15.8. The molecule has 4 rings (SSSR count). The number of amides is 1. The molecule has 3 aromatic rings. The predicted octanol–water partition coefficient (Wildman–Crippen LogP) is 4.71. The van der Waals surface area contributed by atoms with Crippen LogP contribution in [-0.4, -0.2) is 21.5 Å². The van der Waals surface area contributed by atoms with E-state index in [1.807, 2.05) is 43.3 Å². The molecule has 1 amide bonds. The van der Waals surface area contributed by atoms with E-state index in [1.54, 1.807) is 16.8 Å². The molecule has 1 atom stereocenters. The number of rotatable bonds is 4. The van der Waals surface area contributed by atoms with Crippen LogP contribution in [0.1, 0.15) is 46.4 Å². The van der Waals surface area contributed by atoms with Crippen molar-refractivity contribution in [3.05, 3.63) is 75.9 Å². The Balaban J connectivity index is 1.77. The zero-order valence-electron chi connectivity index (χ0n) is 15.7. The summed E-state index contributed by atoms with van der Waals surface area (Å²) < 4.78 is 1.67. The maximum atomic E-state index is 13.2. The zero-order chi connectivity index (χ0) is 19.8. The van der Waals surface area contributed by atoms with E-state index < -0.39 is 5.92 Å². The molecule has 1 aromatic heterocycles. The van der Waals surface area contributed by atoms with E-state index in [9.17, 15) is 9.59 Å². The lowest BCUT2D eigenvalue weighted by molar-refractivity contribution is -0.116. The quantitative estimate of drug-likeness (QED) is 0.653. The monoisotopic (exact) mass is 393 g/mol. The molecule has 6 heteroatoms. The maximum Gasteiger partial charge on any atom is 0.226 e. The largest absolute Gasteiger partial charge is 0.310 e. The number of carbonyl (C=O) groups is 2. The smallest absolute Gasteiger partial charge is 0.226 e. The van der Waals surface area contributed by atoms with Gasteiger partial charge in [0.15, 0.2) is 5.78 Å². The van der Waals surface area contributed by atoms with Gasteiger partial charge in [-0.25, -0.2) is 4.68 Å². The number of aryl methyl sites for hydroxylation is 2. The van der Waals surface area contributed by atoms with Gasteiger partial charge in [-0.1, -0.05) is 42.8 Å². The lowest BCUT2D eigenvalue weighted by Crippen LogP contribution is -2.28. The fourth-order valence-electron chi connectivity index (χ4n) is 3.65. The van der Waals surface area contributed by atoms with E-state index >= 15 is 0 Å². The number of fused-ring (bicyclic) bond motifs is 1. The molecular weight excluding hydrogens is 374 g/mol. The summed E-state index contributed by atoms with van der Waals surface area (Å²) in [6.45, 7) is 3.94. The van der Waals surface area contributed by atoms with E-state index in [-0.39, 0.29) is 18.1 Å². The molecule has 1 aliphatic rings. The van der Waals surface area contributed by atoms with Crippen LogP contribution in [0, 0.1) is 6.92 Å². The highest BCUT2D eigenvalue weighted by molar-refractivity contribution is 6.30. The number of carbonyl (C=O) groups excluding carboxylic acids is 2. The molecule has 2 heterocycles. The molecule has 2 aromatic carbocycles. The van der Waals surface area contributed by atoms with Crippen molar-refractivity contribution in [1.29, 1.82) is 0 Å². The maximum absolute atomic E-state index is 13.2. The number of nitrogens with one attached hydrogen (secondary N) is 1. The highest BCUT2D eigenvalue weighted by Gasteiger charge is 2.36. The van der Waals surface area contributed by atoms with Crippen molar-refractivity contribution in [3.8, 4) is 5.69 Å². The molecule has 0 saturated carbocycles. The first-order chi connectivity index (χ1) is 13.5. The summed E-state index contributed by atoms with van der Waals surface area (Å²) in [5.41, 5.74) is 4.06. The standard InChI is InChI=1S/C22H20ClN3O2/c1-3-14-4-6-15(7-5-14)21(28)18-12-19(27)24-22-20(18)13(2)25-26(22)17-10-8-16(23)9-11-17/h4-11,18H,3,12H2,1-2H3,(H,24,27)/t18-/m0/s1. The minimum atomic E-state index is -0.544. The van der Waals surface area contributed by atoms with Gasteiger partial charge in [-0.05, 0) is 43.2 Å². The first kappa shape index (κ1) is 18.4. The predicted molar refractivity (Wildman–Crippen MR) is 109 cm³/mol. The van der Waals surface area contributed by atoms with Gasteiger partial charge in [0.25, 0.3) is 0 Å². The highest BCUT2D eigenvalue weighted by atomic mass is 35.5. The van der Waals surface area contributed by atoms with Crippen molar-refractivity contribution in [2.24, 2.45) is 0 Å². The summed E-state index contributed by atoms with van der Waals surface area (Å²) >= 11 is 5.98. The van der Waals surface area contributed by atoms with E-state index in [2.05, 4.69) is 17.3 Å². The number of aromatic nitrogens is 2. The van der Waals surface area contributed by atoms with Crippen LogP contribution in [0.3, 0.4) is 0 Å². The molecule has 0 radical (unpaired) electrons. The first-order valence-corrected chi connectivity index (χ1v) is 9.64. The Hall–Kier alpha value is -2.92. The molecule has 0 spiro atoms. The van der Waals surface area contributed by atoms with Crippen molar-refractivity contribution in [2.45, 2.75) is 32.6 Å². The molecule has 5 nitrogen and oxygen atoms in total. The Labute approximate surface area is 168 Å². The van der Waals surface area contributed by atoms with E-state index in [0.29, 0.717) is 16.4 Å². The summed E-state index contributed by atoms with van der Waals surface area (Å²) in [6, 6.07) is 14.8. The van der Waals surface area contributed by atoms with Crippen LogP contribution in [0.15, 0.2) is 48.5 Å². The molecule has 28 heavy (non-hydrogen) atoms. The Morgan fingerprint density at radius 2 is 1.86 bits per heavy atom. The fraction of sp³-hybridized carbons (Fsp3) is 0.227. The lowest BCUT2D eigenvalue weighted by Gasteiger charge is -2.23. The second kappa shape index (κ2) is 7.24. The number of anilines is 1. The van der Waals surface area contributed by atoms with Crippen molar-refractivity contribution in [3.63, 3.8) is 0 Å². The van der Waals surface area contributed by atoms with Crippen molar-refractivity contribution >= 4 is 29.1 Å². The van der Waals surface area contributed by atoms with Gasteiger partial charge in [0, 0.05) is 22.6 Å². The minimum Gasteiger partial charge on any atom is -0.310 e. The number of ketones is 1. The van der Waals surface area contributed by atoms with Crippen LogP contribution in [0.4, 0.5) is 5.82 Å². The Morgan fingerprint density at radius 3 is 2.50 bits per heavy atom. The summed E-state index contributed by atoms with van der Waals surface area (Å²) in [4.78, 5) is 25.6. The highest BCUT2D eigenvalue weighted by Crippen LogP contribution is 2.38. The number of halogens is 1. The first-order valence-electron chi connectivity index (χ1n) is 9.26. The molecule has 1 N–H and O–H groups in total. The molecule has 1 aliphatic heterocycles. The van der Waals surface area contributed by atoms with Gasteiger partial charge in [0.1, 0.15) is 5.82 Å². The Morgan fingerprint density at radius 1 is 1.18 bits per heavy atom. The van der Waals surface area contributed by atoms with Gasteiger partial charge in [0.05, 0.1) is 17.3 Å².